The molecule has 0 aliphatic heterocycles. The molecule has 0 spiro atoms. The molecule has 2 fully saturated rings. The summed E-state index contributed by atoms with van der Waals surface area (Å²) in [5, 5.41) is 0. The Morgan fingerprint density at radius 3 is 1.93 bits per heavy atom. The SMILES string of the molecule is C/C(=C/C1CCCCC1)C1CCCCC1. The lowest BCUT2D eigenvalue weighted by Gasteiger charge is -2.25. The molecule has 0 atom stereocenters. The van der Waals surface area contributed by atoms with E-state index < -0.39 is 0 Å². The van der Waals surface area contributed by atoms with Crippen molar-refractivity contribution in [2.24, 2.45) is 11.8 Å². The Morgan fingerprint density at radius 2 is 1.33 bits per heavy atom. The predicted molar refractivity (Wildman–Crippen MR) is 66.9 cm³/mol. The third kappa shape index (κ3) is 3.36. The van der Waals surface area contributed by atoms with E-state index in [4.69, 9.17) is 0 Å². The summed E-state index contributed by atoms with van der Waals surface area (Å²) < 4.78 is 0. The molecular formula is C15H26. The van der Waals surface area contributed by atoms with E-state index in [1.165, 1.54) is 64.2 Å². The summed E-state index contributed by atoms with van der Waals surface area (Å²) in [5.41, 5.74) is 1.72. The van der Waals surface area contributed by atoms with Crippen LogP contribution < -0.4 is 0 Å². The first-order valence-corrected chi connectivity index (χ1v) is 7.04. The molecule has 2 rings (SSSR count). The van der Waals surface area contributed by atoms with Crippen molar-refractivity contribution in [1.82, 2.24) is 0 Å². The Balaban J connectivity index is 1.86. The first-order valence-electron chi connectivity index (χ1n) is 7.04. The van der Waals surface area contributed by atoms with Gasteiger partial charge in [-0.3, -0.25) is 0 Å². The van der Waals surface area contributed by atoms with Crippen LogP contribution >= 0.6 is 0 Å². The minimum absolute atomic E-state index is 0.931. The zero-order chi connectivity index (χ0) is 10.5. The smallest absolute Gasteiger partial charge is 0.0206 e. The largest absolute Gasteiger partial charge is 0.0822 e. The summed E-state index contributed by atoms with van der Waals surface area (Å²) in [5.74, 6) is 1.88. The highest BCUT2D eigenvalue weighted by Gasteiger charge is 2.17. The molecule has 2 aliphatic carbocycles. The van der Waals surface area contributed by atoms with E-state index in [-0.39, 0.29) is 0 Å². The number of allylic oxidation sites excluding steroid dienone is 2. The second-order valence-corrected chi connectivity index (χ2v) is 5.64. The molecule has 0 aromatic carbocycles. The van der Waals surface area contributed by atoms with Crippen LogP contribution in [0.1, 0.15) is 71.1 Å². The maximum absolute atomic E-state index is 2.63. The molecular weight excluding hydrogens is 180 g/mol. The van der Waals surface area contributed by atoms with E-state index in [0.29, 0.717) is 0 Å². The zero-order valence-corrected chi connectivity index (χ0v) is 10.3. The van der Waals surface area contributed by atoms with Crippen LogP contribution in [0.2, 0.25) is 0 Å². The van der Waals surface area contributed by atoms with Gasteiger partial charge in [-0.15, -0.1) is 0 Å². The fraction of sp³-hybridized carbons (Fsp3) is 0.867. The Bertz CT molecular complexity index is 202. The van der Waals surface area contributed by atoms with Gasteiger partial charge in [0.25, 0.3) is 0 Å². The minimum atomic E-state index is 0.931. The van der Waals surface area contributed by atoms with Gasteiger partial charge in [0.05, 0.1) is 0 Å². The molecule has 15 heavy (non-hydrogen) atoms. The van der Waals surface area contributed by atoms with Gasteiger partial charge in [0, 0.05) is 0 Å². The van der Waals surface area contributed by atoms with E-state index in [1.807, 2.05) is 0 Å². The van der Waals surface area contributed by atoms with E-state index >= 15 is 0 Å². The maximum Gasteiger partial charge on any atom is -0.0206 e. The van der Waals surface area contributed by atoms with E-state index in [1.54, 1.807) is 5.57 Å². The van der Waals surface area contributed by atoms with Crippen molar-refractivity contribution in [1.29, 1.82) is 0 Å². The normalized spacial score (nSPS) is 26.9. The van der Waals surface area contributed by atoms with Gasteiger partial charge in [-0.2, -0.15) is 0 Å². The third-order valence-electron chi connectivity index (χ3n) is 4.40. The van der Waals surface area contributed by atoms with E-state index in [0.717, 1.165) is 11.8 Å². The van der Waals surface area contributed by atoms with Crippen LogP contribution in [0.4, 0.5) is 0 Å². The Kier molecular flexibility index (Phi) is 4.29. The summed E-state index contributed by atoms with van der Waals surface area (Å²) in [4.78, 5) is 0. The molecule has 0 N–H and O–H groups in total. The van der Waals surface area contributed by atoms with E-state index in [9.17, 15) is 0 Å². The molecule has 86 valence electrons. The zero-order valence-electron chi connectivity index (χ0n) is 10.3. The highest BCUT2D eigenvalue weighted by Crippen LogP contribution is 2.32. The van der Waals surface area contributed by atoms with Gasteiger partial charge in [0.2, 0.25) is 0 Å². The summed E-state index contributed by atoms with van der Waals surface area (Å²) in [6.07, 6.45) is 17.3. The minimum Gasteiger partial charge on any atom is -0.0822 e. The van der Waals surface area contributed by atoms with Crippen molar-refractivity contribution in [2.75, 3.05) is 0 Å². The van der Waals surface area contributed by atoms with Gasteiger partial charge in [0.15, 0.2) is 0 Å². The summed E-state index contributed by atoms with van der Waals surface area (Å²) in [7, 11) is 0. The predicted octanol–water partition coefficient (Wildman–Crippen LogP) is 5.09. The Hall–Kier alpha value is -0.260. The Labute approximate surface area is 95.1 Å². The van der Waals surface area contributed by atoms with Crippen LogP contribution in [-0.4, -0.2) is 0 Å². The van der Waals surface area contributed by atoms with Crippen molar-refractivity contribution in [3.8, 4) is 0 Å². The fourth-order valence-electron chi connectivity index (χ4n) is 3.37. The van der Waals surface area contributed by atoms with Crippen molar-refractivity contribution in [3.05, 3.63) is 11.6 Å². The van der Waals surface area contributed by atoms with Crippen LogP contribution in [0.15, 0.2) is 11.6 Å². The molecule has 0 nitrogen and oxygen atoms in total. The first-order chi connectivity index (χ1) is 7.36. The van der Waals surface area contributed by atoms with Crippen LogP contribution in [0.3, 0.4) is 0 Å². The second kappa shape index (κ2) is 5.72. The molecule has 2 saturated carbocycles. The van der Waals surface area contributed by atoms with Crippen LogP contribution in [-0.2, 0) is 0 Å². The van der Waals surface area contributed by atoms with Crippen molar-refractivity contribution in [3.63, 3.8) is 0 Å². The molecule has 0 saturated heterocycles. The van der Waals surface area contributed by atoms with Gasteiger partial charge in [-0.1, -0.05) is 50.2 Å². The van der Waals surface area contributed by atoms with Gasteiger partial charge in [-0.05, 0) is 44.4 Å². The van der Waals surface area contributed by atoms with Gasteiger partial charge < -0.3 is 0 Å². The monoisotopic (exact) mass is 206 g/mol. The van der Waals surface area contributed by atoms with Crippen LogP contribution in [0.5, 0.6) is 0 Å². The standard InChI is InChI=1S/C15H26/c1-13(15-10-6-3-7-11-15)12-14-8-4-2-5-9-14/h12,14-15H,2-11H2,1H3/b13-12-. The van der Waals surface area contributed by atoms with Crippen molar-refractivity contribution < 1.29 is 0 Å². The van der Waals surface area contributed by atoms with Crippen molar-refractivity contribution in [2.45, 2.75) is 71.1 Å². The van der Waals surface area contributed by atoms with Crippen molar-refractivity contribution >= 4 is 0 Å². The average molecular weight is 206 g/mol. The highest BCUT2D eigenvalue weighted by atomic mass is 14.2. The van der Waals surface area contributed by atoms with Crippen LogP contribution in [0.25, 0.3) is 0 Å². The lowest BCUT2D eigenvalue weighted by atomic mass is 9.81. The van der Waals surface area contributed by atoms with E-state index in [2.05, 4.69) is 13.0 Å². The molecule has 0 heteroatoms. The molecule has 0 heterocycles. The quantitative estimate of drug-likeness (QED) is 0.552. The third-order valence-corrected chi connectivity index (χ3v) is 4.40. The lowest BCUT2D eigenvalue weighted by Crippen LogP contribution is -2.10. The number of rotatable bonds is 2. The molecule has 2 aliphatic rings. The average Bonchev–Trinajstić information content (AvgIpc) is 2.31. The second-order valence-electron chi connectivity index (χ2n) is 5.64. The Morgan fingerprint density at radius 1 is 0.800 bits per heavy atom. The molecule has 0 unspecified atom stereocenters. The topological polar surface area (TPSA) is 0 Å². The molecule has 0 aromatic rings. The molecule has 0 bridgehead atoms. The van der Waals surface area contributed by atoms with Gasteiger partial charge in [0.1, 0.15) is 0 Å². The summed E-state index contributed by atoms with van der Waals surface area (Å²) >= 11 is 0. The first kappa shape index (κ1) is 11.2. The summed E-state index contributed by atoms with van der Waals surface area (Å²) in [6, 6.07) is 0. The number of hydrogen-bond donors (Lipinski definition) is 0. The summed E-state index contributed by atoms with van der Waals surface area (Å²) in [6.45, 7) is 2.39. The molecule has 0 amide bonds. The highest BCUT2D eigenvalue weighted by molar-refractivity contribution is 5.07. The fourth-order valence-corrected chi connectivity index (χ4v) is 3.37. The number of hydrogen-bond acceptors (Lipinski definition) is 0. The molecule has 0 radical (unpaired) electrons. The maximum atomic E-state index is 2.63. The molecule has 0 aromatic heterocycles. The van der Waals surface area contributed by atoms with Crippen LogP contribution in [0, 0.1) is 11.8 Å². The van der Waals surface area contributed by atoms with Gasteiger partial charge in [-0.25, -0.2) is 0 Å². The van der Waals surface area contributed by atoms with Gasteiger partial charge >= 0.3 is 0 Å². The lowest BCUT2D eigenvalue weighted by molar-refractivity contribution is 0.387.